The van der Waals surface area contributed by atoms with Gasteiger partial charge in [-0.1, -0.05) is 17.7 Å². The quantitative estimate of drug-likeness (QED) is 0.606. The molecule has 0 radical (unpaired) electrons. The number of sulfonamides is 1. The zero-order chi connectivity index (χ0) is 10.6. The van der Waals surface area contributed by atoms with Crippen LogP contribution in [0.2, 0.25) is 0 Å². The molecule has 0 aromatic heterocycles. The second-order valence-electron chi connectivity index (χ2n) is 2.80. The van der Waals surface area contributed by atoms with E-state index < -0.39 is 10.0 Å². The van der Waals surface area contributed by atoms with Gasteiger partial charge in [-0.25, -0.2) is 4.83 Å². The predicted molar refractivity (Wildman–Crippen MR) is 55.7 cm³/mol. The summed E-state index contributed by atoms with van der Waals surface area (Å²) in [7, 11) is -3.49. The van der Waals surface area contributed by atoms with Gasteiger partial charge in [-0.2, -0.15) is 13.5 Å². The van der Waals surface area contributed by atoms with E-state index in [4.69, 9.17) is 0 Å². The van der Waals surface area contributed by atoms with Crippen molar-refractivity contribution < 1.29 is 8.42 Å². The van der Waals surface area contributed by atoms with Gasteiger partial charge in [0, 0.05) is 6.21 Å². The highest BCUT2D eigenvalue weighted by molar-refractivity contribution is 7.89. The summed E-state index contributed by atoms with van der Waals surface area (Å²) in [5.74, 6) is 0. The topological polar surface area (TPSA) is 58.5 Å². The van der Waals surface area contributed by atoms with E-state index in [9.17, 15) is 8.42 Å². The number of hydrogen-bond acceptors (Lipinski definition) is 3. The first kappa shape index (κ1) is 10.7. The molecule has 0 amide bonds. The average molecular weight is 212 g/mol. The molecule has 0 fully saturated rings. The minimum atomic E-state index is -3.49. The maximum Gasteiger partial charge on any atom is 0.276 e. The first-order valence-corrected chi connectivity index (χ1v) is 5.61. The number of nitrogens with zero attached hydrogens (tertiary/aromatic N) is 1. The van der Waals surface area contributed by atoms with Crippen LogP contribution in [0, 0.1) is 6.92 Å². The van der Waals surface area contributed by atoms with Crippen LogP contribution in [-0.4, -0.2) is 14.6 Å². The molecule has 0 heterocycles. The molecule has 1 aromatic carbocycles. The summed E-state index contributed by atoms with van der Waals surface area (Å²) in [5, 5.41) is 3.48. The average Bonchev–Trinajstić information content (AvgIpc) is 2.16. The highest BCUT2D eigenvalue weighted by Gasteiger charge is 2.11. The molecule has 0 spiro atoms. The molecular weight excluding hydrogens is 200 g/mol. The molecule has 0 aliphatic heterocycles. The van der Waals surface area contributed by atoms with E-state index >= 15 is 0 Å². The molecule has 1 aromatic rings. The minimum Gasteiger partial charge on any atom is -0.200 e. The Morgan fingerprint density at radius 1 is 1.29 bits per heavy atom. The van der Waals surface area contributed by atoms with Gasteiger partial charge < -0.3 is 0 Å². The number of aryl methyl sites for hydroxylation is 1. The van der Waals surface area contributed by atoms with Crippen molar-refractivity contribution in [3.05, 3.63) is 29.8 Å². The van der Waals surface area contributed by atoms with Crippen LogP contribution in [0.1, 0.15) is 12.5 Å². The molecule has 4 nitrogen and oxygen atoms in total. The molecule has 14 heavy (non-hydrogen) atoms. The SMILES string of the molecule is C/C=N\NS(=O)(=O)c1ccc(C)cc1. The van der Waals surface area contributed by atoms with E-state index in [1.807, 2.05) is 6.92 Å². The van der Waals surface area contributed by atoms with Gasteiger partial charge in [0.15, 0.2) is 0 Å². The van der Waals surface area contributed by atoms with Crippen LogP contribution < -0.4 is 4.83 Å². The van der Waals surface area contributed by atoms with Gasteiger partial charge in [-0.15, -0.1) is 0 Å². The second-order valence-corrected chi connectivity index (χ2v) is 4.46. The molecule has 0 aliphatic carbocycles. The van der Waals surface area contributed by atoms with Crippen molar-refractivity contribution in [2.24, 2.45) is 5.10 Å². The van der Waals surface area contributed by atoms with Gasteiger partial charge in [0.2, 0.25) is 0 Å². The largest absolute Gasteiger partial charge is 0.276 e. The molecule has 76 valence electrons. The Morgan fingerprint density at radius 2 is 1.86 bits per heavy atom. The lowest BCUT2D eigenvalue weighted by atomic mass is 10.2. The summed E-state index contributed by atoms with van der Waals surface area (Å²) < 4.78 is 23.0. The molecular formula is C9H12N2O2S. The first-order valence-electron chi connectivity index (χ1n) is 4.12. The van der Waals surface area contributed by atoms with E-state index in [0.717, 1.165) is 5.56 Å². The van der Waals surface area contributed by atoms with Gasteiger partial charge in [-0.05, 0) is 26.0 Å². The van der Waals surface area contributed by atoms with Gasteiger partial charge in [0.1, 0.15) is 0 Å². The first-order chi connectivity index (χ1) is 6.56. The Kier molecular flexibility index (Phi) is 3.24. The number of benzene rings is 1. The van der Waals surface area contributed by atoms with Crippen LogP contribution in [0.25, 0.3) is 0 Å². The van der Waals surface area contributed by atoms with Gasteiger partial charge in [0.05, 0.1) is 4.90 Å². The van der Waals surface area contributed by atoms with Crippen LogP contribution in [0.4, 0.5) is 0 Å². The van der Waals surface area contributed by atoms with Gasteiger partial charge in [-0.3, -0.25) is 0 Å². The third-order valence-electron chi connectivity index (χ3n) is 1.63. The van der Waals surface area contributed by atoms with Crippen molar-refractivity contribution in [3.63, 3.8) is 0 Å². The summed E-state index contributed by atoms with van der Waals surface area (Å²) in [5.41, 5.74) is 1.02. The highest BCUT2D eigenvalue weighted by atomic mass is 32.2. The molecule has 1 N–H and O–H groups in total. The van der Waals surface area contributed by atoms with Crippen molar-refractivity contribution in [1.29, 1.82) is 0 Å². The van der Waals surface area contributed by atoms with Gasteiger partial charge in [0.25, 0.3) is 10.0 Å². The normalized spacial score (nSPS) is 11.9. The van der Waals surface area contributed by atoms with Crippen molar-refractivity contribution in [1.82, 2.24) is 4.83 Å². The minimum absolute atomic E-state index is 0.216. The van der Waals surface area contributed by atoms with Crippen LogP contribution >= 0.6 is 0 Å². The van der Waals surface area contributed by atoms with Crippen molar-refractivity contribution in [2.45, 2.75) is 18.7 Å². The van der Waals surface area contributed by atoms with Crippen LogP contribution in [0.5, 0.6) is 0 Å². The number of hydrogen-bond donors (Lipinski definition) is 1. The van der Waals surface area contributed by atoms with Crippen molar-refractivity contribution in [2.75, 3.05) is 0 Å². The Hall–Kier alpha value is -1.36. The lowest BCUT2D eigenvalue weighted by Crippen LogP contribution is -2.17. The lowest BCUT2D eigenvalue weighted by Gasteiger charge is -2.02. The van der Waals surface area contributed by atoms with E-state index in [2.05, 4.69) is 9.93 Å². The van der Waals surface area contributed by atoms with E-state index in [0.29, 0.717) is 0 Å². The Morgan fingerprint density at radius 3 is 2.36 bits per heavy atom. The molecule has 0 aliphatic rings. The highest BCUT2D eigenvalue weighted by Crippen LogP contribution is 2.09. The Bertz CT molecular complexity index is 421. The molecule has 5 heteroatoms. The Labute approximate surface area is 83.7 Å². The third kappa shape index (κ3) is 2.56. The van der Waals surface area contributed by atoms with E-state index in [1.54, 1.807) is 31.2 Å². The summed E-state index contributed by atoms with van der Waals surface area (Å²) in [4.78, 5) is 2.30. The fraction of sp³-hybridized carbons (Fsp3) is 0.222. The second kappa shape index (κ2) is 4.23. The van der Waals surface area contributed by atoms with Crippen molar-refractivity contribution in [3.8, 4) is 0 Å². The standard InChI is InChI=1S/C9H12N2O2S/c1-3-10-11-14(12,13)9-6-4-8(2)5-7-9/h3-7,11H,1-2H3/b10-3-. The molecule has 0 bridgehead atoms. The van der Waals surface area contributed by atoms with E-state index in [-0.39, 0.29) is 4.90 Å². The number of rotatable bonds is 3. The number of hydrazone groups is 1. The van der Waals surface area contributed by atoms with Crippen LogP contribution in [0.15, 0.2) is 34.3 Å². The predicted octanol–water partition coefficient (Wildman–Crippen LogP) is 1.28. The maximum absolute atomic E-state index is 11.5. The lowest BCUT2D eigenvalue weighted by molar-refractivity contribution is 0.584. The van der Waals surface area contributed by atoms with E-state index in [1.165, 1.54) is 6.21 Å². The van der Waals surface area contributed by atoms with Crippen molar-refractivity contribution >= 4 is 16.2 Å². The molecule has 0 atom stereocenters. The van der Waals surface area contributed by atoms with Crippen LogP contribution in [-0.2, 0) is 10.0 Å². The van der Waals surface area contributed by atoms with Crippen LogP contribution in [0.3, 0.4) is 0 Å². The Balaban J connectivity index is 2.99. The van der Waals surface area contributed by atoms with Gasteiger partial charge >= 0.3 is 0 Å². The zero-order valence-electron chi connectivity index (χ0n) is 8.06. The number of nitrogens with one attached hydrogen (secondary N) is 1. The monoisotopic (exact) mass is 212 g/mol. The summed E-state index contributed by atoms with van der Waals surface area (Å²) in [6.45, 7) is 3.53. The molecule has 1 rings (SSSR count). The summed E-state index contributed by atoms with van der Waals surface area (Å²) >= 11 is 0. The molecule has 0 saturated carbocycles. The summed E-state index contributed by atoms with van der Waals surface area (Å²) in [6.07, 6.45) is 1.38. The smallest absolute Gasteiger partial charge is 0.200 e. The summed E-state index contributed by atoms with van der Waals surface area (Å²) in [6, 6.07) is 6.57. The molecule has 0 saturated heterocycles. The zero-order valence-corrected chi connectivity index (χ0v) is 8.88. The fourth-order valence-electron chi connectivity index (χ4n) is 0.892. The maximum atomic E-state index is 11.5. The third-order valence-corrected chi connectivity index (χ3v) is 2.87. The fourth-order valence-corrected chi connectivity index (χ4v) is 1.74. The molecule has 0 unspecified atom stereocenters.